The molecule has 0 aliphatic rings. The van der Waals surface area contributed by atoms with Gasteiger partial charge < -0.3 is 14.8 Å². The van der Waals surface area contributed by atoms with E-state index in [0.717, 1.165) is 5.69 Å². The number of imidazole rings is 1. The number of anilines is 1. The van der Waals surface area contributed by atoms with Crippen molar-refractivity contribution in [3.8, 4) is 11.5 Å². The Morgan fingerprint density at radius 3 is 2.46 bits per heavy atom. The lowest BCUT2D eigenvalue weighted by molar-refractivity contribution is 0.102. The van der Waals surface area contributed by atoms with Crippen LogP contribution in [-0.4, -0.2) is 28.5 Å². The maximum Gasteiger partial charge on any atom is 0.274 e. The summed E-state index contributed by atoms with van der Waals surface area (Å²) in [6, 6.07) is 11.1. The fourth-order valence-corrected chi connectivity index (χ4v) is 2.88. The Bertz CT molecular complexity index is 918. The van der Waals surface area contributed by atoms with Gasteiger partial charge in [-0.15, -0.1) is 0 Å². The molecule has 2 aromatic heterocycles. The molecule has 0 radical (unpaired) electrons. The Kier molecular flexibility index (Phi) is 5.41. The van der Waals surface area contributed by atoms with Gasteiger partial charge in [0.1, 0.15) is 11.4 Å². The number of aryl methyl sites for hydroxylation is 1. The molecule has 2 heterocycles. The van der Waals surface area contributed by atoms with E-state index in [2.05, 4.69) is 10.3 Å². The van der Waals surface area contributed by atoms with Gasteiger partial charge in [-0.25, -0.2) is 4.98 Å². The summed E-state index contributed by atoms with van der Waals surface area (Å²) in [5.74, 6) is 1.08. The van der Waals surface area contributed by atoms with Crippen molar-refractivity contribution in [1.29, 1.82) is 0 Å². The first-order valence-electron chi connectivity index (χ1n) is 8.85. The summed E-state index contributed by atoms with van der Waals surface area (Å²) in [6.07, 6.45) is 2.47. The molecule has 0 unspecified atom stereocenters. The van der Waals surface area contributed by atoms with Gasteiger partial charge in [0.25, 0.3) is 5.91 Å². The number of carbonyl (C=O) groups excluding carboxylic acids is 1. The van der Waals surface area contributed by atoms with Crippen molar-refractivity contribution < 1.29 is 14.3 Å². The molecule has 0 atom stereocenters. The van der Waals surface area contributed by atoms with Gasteiger partial charge in [-0.3, -0.25) is 9.20 Å². The maximum atomic E-state index is 13.0. The van der Waals surface area contributed by atoms with E-state index in [-0.39, 0.29) is 5.91 Å². The van der Waals surface area contributed by atoms with Crippen molar-refractivity contribution >= 4 is 17.2 Å². The van der Waals surface area contributed by atoms with Gasteiger partial charge in [-0.1, -0.05) is 19.1 Å². The smallest absolute Gasteiger partial charge is 0.274 e. The monoisotopic (exact) mass is 353 g/mol. The number of pyridine rings is 1. The van der Waals surface area contributed by atoms with Crippen LogP contribution in [0.2, 0.25) is 0 Å². The molecule has 0 aliphatic heterocycles. The van der Waals surface area contributed by atoms with Gasteiger partial charge in [0, 0.05) is 6.20 Å². The third-order valence-corrected chi connectivity index (χ3v) is 3.97. The van der Waals surface area contributed by atoms with E-state index in [1.165, 1.54) is 0 Å². The first-order valence-corrected chi connectivity index (χ1v) is 8.85. The van der Waals surface area contributed by atoms with E-state index in [1.54, 1.807) is 4.40 Å². The number of aromatic nitrogens is 2. The number of fused-ring (bicyclic) bond motifs is 1. The molecule has 0 saturated carbocycles. The van der Waals surface area contributed by atoms with Crippen molar-refractivity contribution in [2.24, 2.45) is 0 Å². The van der Waals surface area contributed by atoms with Crippen LogP contribution in [-0.2, 0) is 6.42 Å². The Balaban J connectivity index is 2.02. The summed E-state index contributed by atoms with van der Waals surface area (Å²) < 4.78 is 13.0. The van der Waals surface area contributed by atoms with Gasteiger partial charge in [-0.05, 0) is 44.5 Å². The first kappa shape index (κ1) is 17.8. The van der Waals surface area contributed by atoms with Crippen LogP contribution in [0.15, 0.2) is 42.6 Å². The molecular formula is C20H23N3O3. The molecule has 26 heavy (non-hydrogen) atoms. The lowest BCUT2D eigenvalue weighted by Gasteiger charge is -2.12. The summed E-state index contributed by atoms with van der Waals surface area (Å²) in [4.78, 5) is 17.6. The van der Waals surface area contributed by atoms with Crippen LogP contribution in [0, 0.1) is 0 Å². The number of rotatable bonds is 7. The molecule has 3 aromatic rings. The topological polar surface area (TPSA) is 64.9 Å². The number of nitrogens with one attached hydrogen (secondary N) is 1. The van der Waals surface area contributed by atoms with E-state index in [9.17, 15) is 4.79 Å². The number of para-hydroxylation sites is 2. The average molecular weight is 353 g/mol. The molecule has 0 bridgehead atoms. The Morgan fingerprint density at radius 1 is 1.04 bits per heavy atom. The molecule has 1 N–H and O–H groups in total. The molecule has 6 heteroatoms. The highest BCUT2D eigenvalue weighted by Gasteiger charge is 2.21. The van der Waals surface area contributed by atoms with Crippen molar-refractivity contribution in [3.63, 3.8) is 0 Å². The fraction of sp³-hybridized carbons (Fsp3) is 0.300. The van der Waals surface area contributed by atoms with Crippen LogP contribution in [0.25, 0.3) is 5.65 Å². The molecule has 136 valence electrons. The molecular weight excluding hydrogens is 330 g/mol. The highest BCUT2D eigenvalue weighted by Crippen LogP contribution is 2.27. The van der Waals surface area contributed by atoms with Crippen LogP contribution in [0.3, 0.4) is 0 Å². The summed E-state index contributed by atoms with van der Waals surface area (Å²) in [5, 5.41) is 2.95. The van der Waals surface area contributed by atoms with Gasteiger partial charge in [-0.2, -0.15) is 0 Å². The van der Waals surface area contributed by atoms with Gasteiger partial charge in [0.05, 0.1) is 24.6 Å². The minimum atomic E-state index is -0.227. The third-order valence-electron chi connectivity index (χ3n) is 3.97. The Hall–Kier alpha value is -3.02. The molecule has 1 amide bonds. The van der Waals surface area contributed by atoms with Crippen molar-refractivity contribution in [2.75, 3.05) is 18.5 Å². The lowest BCUT2D eigenvalue weighted by atomic mass is 10.2. The molecule has 0 saturated heterocycles. The molecule has 0 spiro atoms. The molecule has 3 rings (SSSR count). The van der Waals surface area contributed by atoms with Crippen LogP contribution < -0.4 is 14.8 Å². The fourth-order valence-electron chi connectivity index (χ4n) is 2.88. The van der Waals surface area contributed by atoms with E-state index in [4.69, 9.17) is 9.47 Å². The van der Waals surface area contributed by atoms with Crippen LogP contribution in [0.5, 0.6) is 11.5 Å². The van der Waals surface area contributed by atoms with Gasteiger partial charge in [0.15, 0.2) is 11.4 Å². The van der Waals surface area contributed by atoms with Crippen LogP contribution >= 0.6 is 0 Å². The molecule has 6 nitrogen and oxygen atoms in total. The highest BCUT2D eigenvalue weighted by molar-refractivity contribution is 6.05. The minimum absolute atomic E-state index is 0.227. The number of nitrogens with zero attached hydrogens (tertiary/aromatic N) is 2. The van der Waals surface area contributed by atoms with Crippen LogP contribution in [0.4, 0.5) is 5.69 Å². The number of carbonyl (C=O) groups is 1. The lowest BCUT2D eigenvalue weighted by Crippen LogP contribution is -2.17. The zero-order valence-electron chi connectivity index (χ0n) is 15.3. The largest absolute Gasteiger partial charge is 0.492 e. The second kappa shape index (κ2) is 7.91. The minimum Gasteiger partial charge on any atom is -0.492 e. The predicted octanol–water partition coefficient (Wildman–Crippen LogP) is 3.95. The second-order valence-electron chi connectivity index (χ2n) is 5.64. The number of ether oxygens (including phenoxy) is 2. The van der Waals surface area contributed by atoms with Gasteiger partial charge in [0.2, 0.25) is 0 Å². The predicted molar refractivity (Wildman–Crippen MR) is 101 cm³/mol. The zero-order chi connectivity index (χ0) is 18.5. The van der Waals surface area contributed by atoms with E-state index < -0.39 is 0 Å². The summed E-state index contributed by atoms with van der Waals surface area (Å²) >= 11 is 0. The first-order chi connectivity index (χ1) is 12.7. The Morgan fingerprint density at radius 2 is 1.73 bits per heavy atom. The standard InChI is InChI=1S/C20H23N3O3/c1-4-14-18(23-13-9-12-17(26-6-3)19(23)21-14)20(24)22-15-10-7-8-11-16(15)25-5-2/h7-13H,4-6H2,1-3H3,(H,22,24). The van der Waals surface area contributed by atoms with Crippen molar-refractivity contribution in [2.45, 2.75) is 27.2 Å². The highest BCUT2D eigenvalue weighted by atomic mass is 16.5. The quantitative estimate of drug-likeness (QED) is 0.698. The molecule has 1 aromatic carbocycles. The number of amides is 1. The van der Waals surface area contributed by atoms with E-state index in [0.29, 0.717) is 48.2 Å². The normalized spacial score (nSPS) is 10.7. The van der Waals surface area contributed by atoms with E-state index in [1.807, 2.05) is 63.4 Å². The summed E-state index contributed by atoms with van der Waals surface area (Å²) in [6.45, 7) is 6.88. The SMILES string of the molecule is CCOc1ccccc1NC(=O)c1c(CC)nc2c(OCC)cccn12. The third kappa shape index (κ3) is 3.35. The number of hydrogen-bond donors (Lipinski definition) is 1. The van der Waals surface area contributed by atoms with Crippen molar-refractivity contribution in [3.05, 3.63) is 54.0 Å². The zero-order valence-corrected chi connectivity index (χ0v) is 15.3. The summed E-state index contributed by atoms with van der Waals surface area (Å²) in [5.41, 5.74) is 2.52. The van der Waals surface area contributed by atoms with Crippen LogP contribution in [0.1, 0.15) is 37.0 Å². The number of benzene rings is 1. The van der Waals surface area contributed by atoms with Crippen molar-refractivity contribution in [1.82, 2.24) is 9.38 Å². The summed E-state index contributed by atoms with van der Waals surface area (Å²) in [7, 11) is 0. The molecule has 0 fully saturated rings. The molecule has 0 aliphatic carbocycles. The van der Waals surface area contributed by atoms with Gasteiger partial charge >= 0.3 is 0 Å². The van der Waals surface area contributed by atoms with E-state index >= 15 is 0 Å². The second-order valence-corrected chi connectivity index (χ2v) is 5.64. The number of hydrogen-bond acceptors (Lipinski definition) is 4. The average Bonchev–Trinajstić information content (AvgIpc) is 3.03. The Labute approximate surface area is 152 Å². The maximum absolute atomic E-state index is 13.0.